The van der Waals surface area contributed by atoms with E-state index in [9.17, 15) is 9.59 Å². The van der Waals surface area contributed by atoms with Crippen LogP contribution in [0.15, 0.2) is 22.7 Å². The first kappa shape index (κ1) is 15.7. The smallest absolute Gasteiger partial charge is 0.303 e. The predicted molar refractivity (Wildman–Crippen MR) is 78.9 cm³/mol. The zero-order chi connectivity index (χ0) is 14.3. The summed E-state index contributed by atoms with van der Waals surface area (Å²) in [7, 11) is 1.94. The lowest BCUT2D eigenvalue weighted by Crippen LogP contribution is -2.19. The summed E-state index contributed by atoms with van der Waals surface area (Å²) in [5.74, 6) is -0.746. The number of carboxylic acids is 1. The summed E-state index contributed by atoms with van der Waals surface area (Å²) in [6, 6.07) is 5.61. The highest BCUT2D eigenvalue weighted by Gasteiger charge is 2.07. The SMILES string of the molecule is CN(CCCCCC(=O)O)c1ccc(Br)cc1C=O. The van der Waals surface area contributed by atoms with Gasteiger partial charge in [-0.05, 0) is 31.0 Å². The van der Waals surface area contributed by atoms with E-state index >= 15 is 0 Å². The van der Waals surface area contributed by atoms with Gasteiger partial charge in [-0.25, -0.2) is 0 Å². The molecule has 0 unspecified atom stereocenters. The molecular formula is C14H18BrNO3. The Balaban J connectivity index is 2.47. The van der Waals surface area contributed by atoms with Crippen LogP contribution < -0.4 is 4.90 Å². The van der Waals surface area contributed by atoms with Crippen LogP contribution in [-0.4, -0.2) is 31.0 Å². The molecule has 1 rings (SSSR count). The van der Waals surface area contributed by atoms with Gasteiger partial charge in [0.05, 0.1) is 0 Å². The second-order valence-electron chi connectivity index (χ2n) is 4.45. The molecule has 0 radical (unpaired) electrons. The molecule has 0 fully saturated rings. The first-order valence-corrected chi connectivity index (χ1v) is 7.01. The standard InChI is InChI=1S/C14H18BrNO3/c1-16(8-4-2-3-5-14(18)19)13-7-6-12(15)9-11(13)10-17/h6-7,9-10H,2-5,8H2,1H3,(H,18,19). The summed E-state index contributed by atoms with van der Waals surface area (Å²) < 4.78 is 0.883. The minimum Gasteiger partial charge on any atom is -0.481 e. The number of halogens is 1. The maximum absolute atomic E-state index is 11.0. The van der Waals surface area contributed by atoms with E-state index in [1.165, 1.54) is 0 Å². The fraction of sp³-hybridized carbons (Fsp3) is 0.429. The van der Waals surface area contributed by atoms with Crippen molar-refractivity contribution in [2.45, 2.75) is 25.7 Å². The number of carbonyl (C=O) groups is 2. The van der Waals surface area contributed by atoms with Crippen molar-refractivity contribution >= 4 is 33.9 Å². The van der Waals surface area contributed by atoms with Gasteiger partial charge in [0.25, 0.3) is 0 Å². The Hall–Kier alpha value is -1.36. The van der Waals surface area contributed by atoms with Gasteiger partial charge < -0.3 is 10.0 Å². The van der Waals surface area contributed by atoms with Crippen molar-refractivity contribution in [2.75, 3.05) is 18.5 Å². The quantitative estimate of drug-likeness (QED) is 0.587. The van der Waals surface area contributed by atoms with E-state index in [1.807, 2.05) is 24.1 Å². The van der Waals surface area contributed by atoms with Crippen LogP contribution in [0.1, 0.15) is 36.0 Å². The van der Waals surface area contributed by atoms with Crippen LogP contribution in [0.25, 0.3) is 0 Å². The molecule has 0 aliphatic rings. The number of nitrogens with zero attached hydrogens (tertiary/aromatic N) is 1. The van der Waals surface area contributed by atoms with E-state index in [2.05, 4.69) is 15.9 Å². The lowest BCUT2D eigenvalue weighted by molar-refractivity contribution is -0.137. The number of aliphatic carboxylic acids is 1. The summed E-state index contributed by atoms with van der Waals surface area (Å²) >= 11 is 3.34. The Labute approximate surface area is 121 Å². The van der Waals surface area contributed by atoms with E-state index in [-0.39, 0.29) is 6.42 Å². The molecule has 1 aromatic carbocycles. The van der Waals surface area contributed by atoms with Crippen molar-refractivity contribution in [3.8, 4) is 0 Å². The fourth-order valence-electron chi connectivity index (χ4n) is 1.89. The number of hydrogen-bond donors (Lipinski definition) is 1. The number of rotatable bonds is 8. The maximum atomic E-state index is 11.0. The summed E-state index contributed by atoms with van der Waals surface area (Å²) in [6.45, 7) is 0.808. The lowest BCUT2D eigenvalue weighted by atomic mass is 10.1. The molecule has 104 valence electrons. The van der Waals surface area contributed by atoms with Gasteiger partial charge in [-0.3, -0.25) is 9.59 Å². The highest BCUT2D eigenvalue weighted by Crippen LogP contribution is 2.22. The number of hydrogen-bond acceptors (Lipinski definition) is 3. The van der Waals surface area contributed by atoms with Crippen molar-refractivity contribution in [3.63, 3.8) is 0 Å². The largest absolute Gasteiger partial charge is 0.481 e. The summed E-state index contributed by atoms with van der Waals surface area (Å²) in [5, 5.41) is 8.54. The van der Waals surface area contributed by atoms with Crippen LogP contribution in [0.2, 0.25) is 0 Å². The molecule has 1 N–H and O–H groups in total. The molecule has 0 aliphatic heterocycles. The van der Waals surface area contributed by atoms with E-state index in [0.717, 1.165) is 35.8 Å². The van der Waals surface area contributed by atoms with Gasteiger partial charge in [-0.2, -0.15) is 0 Å². The highest BCUT2D eigenvalue weighted by molar-refractivity contribution is 9.10. The van der Waals surface area contributed by atoms with E-state index in [4.69, 9.17) is 5.11 Å². The molecule has 0 atom stereocenters. The monoisotopic (exact) mass is 327 g/mol. The van der Waals surface area contributed by atoms with Gasteiger partial charge >= 0.3 is 5.97 Å². The van der Waals surface area contributed by atoms with Crippen LogP contribution in [0, 0.1) is 0 Å². The van der Waals surface area contributed by atoms with Gasteiger partial charge in [0.1, 0.15) is 0 Å². The molecule has 5 heteroatoms. The Morgan fingerprint density at radius 2 is 2.11 bits per heavy atom. The van der Waals surface area contributed by atoms with Crippen LogP contribution in [0.3, 0.4) is 0 Å². The molecule has 1 aromatic rings. The predicted octanol–water partition coefficient (Wildman–Crippen LogP) is 3.34. The van der Waals surface area contributed by atoms with Crippen LogP contribution in [0.4, 0.5) is 5.69 Å². The second-order valence-corrected chi connectivity index (χ2v) is 5.36. The molecule has 0 aliphatic carbocycles. The third kappa shape index (κ3) is 5.42. The van der Waals surface area contributed by atoms with Crippen LogP contribution in [-0.2, 0) is 4.79 Å². The Morgan fingerprint density at radius 1 is 1.37 bits per heavy atom. The fourth-order valence-corrected chi connectivity index (χ4v) is 2.27. The summed E-state index contributed by atoms with van der Waals surface area (Å²) in [4.78, 5) is 23.4. The third-order valence-corrected chi connectivity index (χ3v) is 3.41. The Morgan fingerprint density at radius 3 is 2.74 bits per heavy atom. The number of unbranched alkanes of at least 4 members (excludes halogenated alkanes) is 2. The Kier molecular flexibility index (Phi) is 6.56. The number of carboxylic acid groups (broad SMARTS) is 1. The number of aldehydes is 1. The van der Waals surface area contributed by atoms with E-state index in [0.29, 0.717) is 12.0 Å². The molecule has 0 spiro atoms. The van der Waals surface area contributed by atoms with Crippen molar-refractivity contribution in [1.29, 1.82) is 0 Å². The van der Waals surface area contributed by atoms with Crippen LogP contribution >= 0.6 is 15.9 Å². The molecule has 19 heavy (non-hydrogen) atoms. The minimum atomic E-state index is -0.746. The molecule has 0 amide bonds. The highest BCUT2D eigenvalue weighted by atomic mass is 79.9. The molecule has 4 nitrogen and oxygen atoms in total. The minimum absolute atomic E-state index is 0.224. The number of carbonyl (C=O) groups excluding carboxylic acids is 1. The van der Waals surface area contributed by atoms with Crippen LogP contribution in [0.5, 0.6) is 0 Å². The van der Waals surface area contributed by atoms with Gasteiger partial charge in [0, 0.05) is 35.7 Å². The van der Waals surface area contributed by atoms with E-state index < -0.39 is 5.97 Å². The first-order chi connectivity index (χ1) is 9.04. The van der Waals surface area contributed by atoms with Crippen molar-refractivity contribution in [1.82, 2.24) is 0 Å². The average molecular weight is 328 g/mol. The van der Waals surface area contributed by atoms with Crippen molar-refractivity contribution in [2.24, 2.45) is 0 Å². The van der Waals surface area contributed by atoms with Crippen molar-refractivity contribution < 1.29 is 14.7 Å². The zero-order valence-corrected chi connectivity index (χ0v) is 12.5. The van der Waals surface area contributed by atoms with Gasteiger partial charge in [-0.15, -0.1) is 0 Å². The molecule has 0 saturated carbocycles. The number of anilines is 1. The van der Waals surface area contributed by atoms with Gasteiger partial charge in [-0.1, -0.05) is 22.4 Å². The summed E-state index contributed by atoms with van der Waals surface area (Å²) in [5.41, 5.74) is 1.55. The molecule has 0 heterocycles. The van der Waals surface area contributed by atoms with Gasteiger partial charge in [0.15, 0.2) is 6.29 Å². The number of benzene rings is 1. The average Bonchev–Trinajstić information content (AvgIpc) is 2.37. The lowest BCUT2D eigenvalue weighted by Gasteiger charge is -2.21. The Bertz CT molecular complexity index is 448. The first-order valence-electron chi connectivity index (χ1n) is 6.22. The van der Waals surface area contributed by atoms with Crippen molar-refractivity contribution in [3.05, 3.63) is 28.2 Å². The normalized spacial score (nSPS) is 10.2. The zero-order valence-electron chi connectivity index (χ0n) is 10.9. The topological polar surface area (TPSA) is 57.6 Å². The van der Waals surface area contributed by atoms with Gasteiger partial charge in [0.2, 0.25) is 0 Å². The summed E-state index contributed by atoms with van der Waals surface area (Å²) in [6.07, 6.45) is 3.56. The third-order valence-electron chi connectivity index (χ3n) is 2.91. The molecule has 0 aromatic heterocycles. The molecule has 0 bridgehead atoms. The maximum Gasteiger partial charge on any atom is 0.303 e. The second kappa shape index (κ2) is 7.94. The molecule has 0 saturated heterocycles. The molecular weight excluding hydrogens is 310 g/mol. The van der Waals surface area contributed by atoms with E-state index in [1.54, 1.807) is 6.07 Å².